The largest absolute Gasteiger partial charge is 0.398 e. The van der Waals surface area contributed by atoms with E-state index in [4.69, 9.17) is 5.73 Å². The lowest BCUT2D eigenvalue weighted by atomic mass is 10.2. The van der Waals surface area contributed by atoms with Crippen molar-refractivity contribution >= 4 is 43.0 Å². The molecule has 3 rings (SSSR count). The average molecular weight is 387 g/mol. The number of halogens is 1. The first-order chi connectivity index (χ1) is 9.95. The molecule has 0 aliphatic heterocycles. The summed E-state index contributed by atoms with van der Waals surface area (Å²) in [7, 11) is -3.59. The van der Waals surface area contributed by atoms with Gasteiger partial charge < -0.3 is 5.73 Å². The number of thiophene rings is 1. The van der Waals surface area contributed by atoms with Crippen molar-refractivity contribution in [1.82, 2.24) is 4.72 Å². The molecule has 0 saturated heterocycles. The Morgan fingerprint density at radius 1 is 1.29 bits per heavy atom. The number of rotatable bonds is 4. The molecule has 0 radical (unpaired) electrons. The summed E-state index contributed by atoms with van der Waals surface area (Å²) < 4.78 is 28.0. The number of aryl methyl sites for hydroxylation is 2. The van der Waals surface area contributed by atoms with E-state index in [0.717, 1.165) is 22.2 Å². The van der Waals surface area contributed by atoms with Gasteiger partial charge in [-0.3, -0.25) is 0 Å². The molecule has 0 saturated carbocycles. The second-order valence-electron chi connectivity index (χ2n) is 5.02. The summed E-state index contributed by atoms with van der Waals surface area (Å²) in [6.45, 7) is 0.315. The van der Waals surface area contributed by atoms with Crippen molar-refractivity contribution in [2.45, 2.75) is 30.7 Å². The van der Waals surface area contributed by atoms with Crippen molar-refractivity contribution in [3.8, 4) is 0 Å². The summed E-state index contributed by atoms with van der Waals surface area (Å²) in [5.74, 6) is 0. The van der Waals surface area contributed by atoms with Gasteiger partial charge in [-0.25, -0.2) is 13.1 Å². The van der Waals surface area contributed by atoms with Crippen molar-refractivity contribution < 1.29 is 8.42 Å². The highest BCUT2D eigenvalue weighted by Gasteiger charge is 2.19. The van der Waals surface area contributed by atoms with E-state index in [0.29, 0.717) is 6.54 Å². The summed E-state index contributed by atoms with van der Waals surface area (Å²) in [6.07, 6.45) is 3.44. The van der Waals surface area contributed by atoms with E-state index < -0.39 is 10.0 Å². The van der Waals surface area contributed by atoms with Crippen molar-refractivity contribution in [1.29, 1.82) is 0 Å². The van der Waals surface area contributed by atoms with Crippen LogP contribution in [0.5, 0.6) is 0 Å². The van der Waals surface area contributed by atoms with E-state index in [-0.39, 0.29) is 10.6 Å². The van der Waals surface area contributed by atoms with E-state index in [2.05, 4.69) is 26.7 Å². The molecule has 2 aromatic rings. The van der Waals surface area contributed by atoms with Crippen molar-refractivity contribution in [3.05, 3.63) is 44.1 Å². The van der Waals surface area contributed by atoms with Gasteiger partial charge in [0.25, 0.3) is 0 Å². The number of nitrogen functional groups attached to an aromatic ring is 1. The number of sulfonamides is 1. The number of benzene rings is 1. The van der Waals surface area contributed by atoms with Gasteiger partial charge in [0, 0.05) is 20.8 Å². The van der Waals surface area contributed by atoms with Gasteiger partial charge in [-0.2, -0.15) is 0 Å². The second-order valence-corrected chi connectivity index (χ2v) is 8.89. The van der Waals surface area contributed by atoms with Crippen LogP contribution in [0.15, 0.2) is 33.6 Å². The van der Waals surface area contributed by atoms with Crippen LogP contribution in [0.2, 0.25) is 0 Å². The molecule has 112 valence electrons. The standard InChI is InChI=1S/C14H15BrN2O2S2/c15-10-4-5-14(12(16)7-10)21(18,19)17-8-11-6-9-2-1-3-13(9)20-11/h4-7,17H,1-3,8,16H2. The molecule has 1 aromatic carbocycles. The molecule has 21 heavy (non-hydrogen) atoms. The SMILES string of the molecule is Nc1cc(Br)ccc1S(=O)(=O)NCc1cc2c(s1)CCC2. The van der Waals surface area contributed by atoms with Crippen molar-refractivity contribution in [3.63, 3.8) is 0 Å². The minimum absolute atomic E-state index is 0.120. The van der Waals surface area contributed by atoms with Crippen LogP contribution in [0.25, 0.3) is 0 Å². The highest BCUT2D eigenvalue weighted by molar-refractivity contribution is 9.10. The van der Waals surface area contributed by atoms with Gasteiger partial charge in [0.05, 0.1) is 5.69 Å². The Morgan fingerprint density at radius 3 is 2.81 bits per heavy atom. The third kappa shape index (κ3) is 3.15. The maximum absolute atomic E-state index is 12.3. The molecule has 0 unspecified atom stereocenters. The first-order valence-electron chi connectivity index (χ1n) is 6.61. The van der Waals surface area contributed by atoms with E-state index in [1.165, 1.54) is 22.9 Å². The molecule has 0 spiro atoms. The van der Waals surface area contributed by atoms with Crippen LogP contribution in [0.1, 0.15) is 21.7 Å². The van der Waals surface area contributed by atoms with Crippen LogP contribution in [0, 0.1) is 0 Å². The van der Waals surface area contributed by atoms with E-state index in [9.17, 15) is 8.42 Å². The highest BCUT2D eigenvalue weighted by atomic mass is 79.9. The van der Waals surface area contributed by atoms with Gasteiger partial charge in [0.15, 0.2) is 0 Å². The Labute approximate surface area is 136 Å². The number of fused-ring (bicyclic) bond motifs is 1. The monoisotopic (exact) mass is 386 g/mol. The third-order valence-corrected chi connectivity index (χ3v) is 6.70. The first kappa shape index (κ1) is 15.0. The Kier molecular flexibility index (Phi) is 4.09. The summed E-state index contributed by atoms with van der Waals surface area (Å²) in [5.41, 5.74) is 7.40. The molecule has 3 N–H and O–H groups in total. The summed E-state index contributed by atoms with van der Waals surface area (Å²) in [6, 6.07) is 6.88. The number of nitrogens with one attached hydrogen (secondary N) is 1. The van der Waals surface area contributed by atoms with Gasteiger partial charge >= 0.3 is 0 Å². The molecule has 1 aliphatic carbocycles. The average Bonchev–Trinajstić information content (AvgIpc) is 2.96. The van der Waals surface area contributed by atoms with Gasteiger partial charge in [-0.1, -0.05) is 15.9 Å². The minimum Gasteiger partial charge on any atom is -0.398 e. The van der Waals surface area contributed by atoms with E-state index in [1.807, 2.05) is 0 Å². The fourth-order valence-corrected chi connectivity index (χ4v) is 5.27. The van der Waals surface area contributed by atoms with Crippen LogP contribution in [0.3, 0.4) is 0 Å². The number of hydrogen-bond donors (Lipinski definition) is 2. The molecule has 4 nitrogen and oxygen atoms in total. The van der Waals surface area contributed by atoms with Crippen LogP contribution >= 0.6 is 27.3 Å². The van der Waals surface area contributed by atoms with Gasteiger partial charge in [-0.15, -0.1) is 11.3 Å². The maximum atomic E-state index is 12.3. The lowest BCUT2D eigenvalue weighted by molar-refractivity contribution is 0.582. The maximum Gasteiger partial charge on any atom is 0.242 e. The zero-order valence-electron chi connectivity index (χ0n) is 11.2. The molecule has 1 aliphatic rings. The molecule has 1 heterocycles. The minimum atomic E-state index is -3.59. The van der Waals surface area contributed by atoms with E-state index >= 15 is 0 Å². The predicted molar refractivity (Wildman–Crippen MR) is 88.9 cm³/mol. The Bertz CT molecular complexity index is 763. The number of hydrogen-bond acceptors (Lipinski definition) is 4. The van der Waals surface area contributed by atoms with Gasteiger partial charge in [0.1, 0.15) is 4.90 Å². The lowest BCUT2D eigenvalue weighted by Crippen LogP contribution is -2.23. The van der Waals surface area contributed by atoms with Gasteiger partial charge in [-0.05, 0) is 49.1 Å². The Morgan fingerprint density at radius 2 is 2.10 bits per heavy atom. The molecular weight excluding hydrogens is 372 g/mol. The highest BCUT2D eigenvalue weighted by Crippen LogP contribution is 2.31. The fraction of sp³-hybridized carbons (Fsp3) is 0.286. The molecule has 0 fully saturated rings. The summed E-state index contributed by atoms with van der Waals surface area (Å²) in [5, 5.41) is 0. The topological polar surface area (TPSA) is 72.2 Å². The molecule has 1 aromatic heterocycles. The number of nitrogens with two attached hydrogens (primary N) is 1. The predicted octanol–water partition coefficient (Wildman–Crippen LogP) is 3.06. The van der Waals surface area contributed by atoms with Crippen molar-refractivity contribution in [2.75, 3.05) is 5.73 Å². The molecule has 0 bridgehead atoms. The van der Waals surface area contributed by atoms with Gasteiger partial charge in [0.2, 0.25) is 10.0 Å². The van der Waals surface area contributed by atoms with Crippen LogP contribution in [0.4, 0.5) is 5.69 Å². The van der Waals surface area contributed by atoms with Crippen LogP contribution < -0.4 is 10.5 Å². The normalized spacial score (nSPS) is 14.3. The summed E-state index contributed by atoms with van der Waals surface area (Å²) >= 11 is 4.97. The fourth-order valence-electron chi connectivity index (χ4n) is 2.49. The Balaban J connectivity index is 1.76. The molecule has 7 heteroatoms. The molecular formula is C14H15BrN2O2S2. The zero-order chi connectivity index (χ0) is 15.0. The van der Waals surface area contributed by atoms with Crippen LogP contribution in [-0.2, 0) is 29.4 Å². The lowest BCUT2D eigenvalue weighted by Gasteiger charge is -2.08. The first-order valence-corrected chi connectivity index (χ1v) is 9.70. The quantitative estimate of drug-likeness (QED) is 0.792. The Hall–Kier alpha value is -0.890. The summed E-state index contributed by atoms with van der Waals surface area (Å²) in [4.78, 5) is 2.57. The van der Waals surface area contributed by atoms with Crippen molar-refractivity contribution in [2.24, 2.45) is 0 Å². The second kappa shape index (κ2) is 5.72. The molecule has 0 amide bonds. The number of anilines is 1. The third-order valence-electron chi connectivity index (χ3n) is 3.50. The van der Waals surface area contributed by atoms with E-state index in [1.54, 1.807) is 23.5 Å². The smallest absolute Gasteiger partial charge is 0.242 e. The molecule has 0 atom stereocenters. The van der Waals surface area contributed by atoms with Crippen LogP contribution in [-0.4, -0.2) is 8.42 Å². The zero-order valence-corrected chi connectivity index (χ0v) is 14.4.